The Morgan fingerprint density at radius 2 is 2.11 bits per heavy atom. The number of rotatable bonds is 5. The van der Waals surface area contributed by atoms with Gasteiger partial charge in [0.15, 0.2) is 0 Å². The molecule has 3 N–H and O–H groups in total. The van der Waals surface area contributed by atoms with E-state index in [1.807, 2.05) is 6.92 Å². The number of urea groups is 1. The zero-order valence-corrected chi connectivity index (χ0v) is 10.9. The number of benzene rings is 1. The maximum atomic E-state index is 13.0. The molecule has 0 fully saturated rings. The number of hydrogen-bond donors (Lipinski definition) is 3. The van der Waals surface area contributed by atoms with Crippen LogP contribution >= 0.6 is 0 Å². The lowest BCUT2D eigenvalue weighted by Gasteiger charge is -2.14. The molecule has 0 aromatic heterocycles. The van der Waals surface area contributed by atoms with Crippen LogP contribution in [-0.4, -0.2) is 23.1 Å². The van der Waals surface area contributed by atoms with Gasteiger partial charge in [-0.15, -0.1) is 0 Å². The van der Waals surface area contributed by atoms with Crippen molar-refractivity contribution in [3.8, 4) is 0 Å². The first kappa shape index (κ1) is 14.9. The van der Waals surface area contributed by atoms with Crippen LogP contribution in [0.5, 0.6) is 0 Å². The normalized spacial score (nSPS) is 11.7. The van der Waals surface area contributed by atoms with Crippen LogP contribution in [-0.2, 0) is 4.79 Å². The van der Waals surface area contributed by atoms with Gasteiger partial charge >= 0.3 is 12.0 Å². The van der Waals surface area contributed by atoms with Gasteiger partial charge in [0.2, 0.25) is 0 Å². The van der Waals surface area contributed by atoms with Crippen LogP contribution in [0.2, 0.25) is 0 Å². The van der Waals surface area contributed by atoms with Gasteiger partial charge in [-0.25, -0.2) is 14.0 Å². The third-order valence-electron chi connectivity index (χ3n) is 2.60. The molecule has 0 bridgehead atoms. The number of anilines is 1. The van der Waals surface area contributed by atoms with E-state index in [4.69, 9.17) is 5.11 Å². The third kappa shape index (κ3) is 4.57. The van der Waals surface area contributed by atoms with E-state index in [-0.39, 0.29) is 5.82 Å². The second-order valence-electron chi connectivity index (χ2n) is 4.24. The van der Waals surface area contributed by atoms with Crippen LogP contribution in [0.4, 0.5) is 14.9 Å². The summed E-state index contributed by atoms with van der Waals surface area (Å²) in [5.41, 5.74) is 0.818. The lowest BCUT2D eigenvalue weighted by Crippen LogP contribution is -2.42. The van der Waals surface area contributed by atoms with E-state index in [1.165, 1.54) is 18.2 Å². The Bertz CT molecular complexity index is 477. The molecule has 0 aliphatic heterocycles. The summed E-state index contributed by atoms with van der Waals surface area (Å²) in [6, 6.07) is 2.59. The van der Waals surface area contributed by atoms with E-state index >= 15 is 0 Å². The van der Waals surface area contributed by atoms with Gasteiger partial charge in [0.05, 0.1) is 0 Å². The third-order valence-corrected chi connectivity index (χ3v) is 2.60. The standard InChI is InChI=1S/C13H17FN2O3/c1-3-4-11(12(17)18)16-13(19)15-9-5-6-10(14)8(2)7-9/h5-7,11H,3-4H2,1-2H3,(H,17,18)(H2,15,16,19)/t11-/m0/s1. The van der Waals surface area contributed by atoms with Gasteiger partial charge in [-0.3, -0.25) is 0 Å². The van der Waals surface area contributed by atoms with Gasteiger partial charge in [0.25, 0.3) is 0 Å². The molecule has 1 rings (SSSR count). The predicted molar refractivity (Wildman–Crippen MR) is 69.6 cm³/mol. The number of amides is 2. The Hall–Kier alpha value is -2.11. The smallest absolute Gasteiger partial charge is 0.326 e. The fourth-order valence-corrected chi connectivity index (χ4v) is 1.59. The Kier molecular flexibility index (Phi) is 5.29. The van der Waals surface area contributed by atoms with Crippen molar-refractivity contribution in [1.82, 2.24) is 5.32 Å². The summed E-state index contributed by atoms with van der Waals surface area (Å²) < 4.78 is 13.0. The summed E-state index contributed by atoms with van der Waals surface area (Å²) >= 11 is 0. The van der Waals surface area contributed by atoms with Crippen LogP contribution in [0.3, 0.4) is 0 Å². The Balaban J connectivity index is 2.63. The molecular formula is C13H17FN2O3. The van der Waals surface area contributed by atoms with E-state index in [9.17, 15) is 14.0 Å². The van der Waals surface area contributed by atoms with Crippen molar-refractivity contribution in [3.05, 3.63) is 29.6 Å². The summed E-state index contributed by atoms with van der Waals surface area (Å²) in [5.74, 6) is -1.44. The van der Waals surface area contributed by atoms with Gasteiger partial charge in [0, 0.05) is 5.69 Å². The average molecular weight is 268 g/mol. The number of aryl methyl sites for hydroxylation is 1. The molecule has 0 heterocycles. The molecule has 5 nitrogen and oxygen atoms in total. The number of hydrogen-bond acceptors (Lipinski definition) is 2. The van der Waals surface area contributed by atoms with Crippen LogP contribution in [0.25, 0.3) is 0 Å². The molecular weight excluding hydrogens is 251 g/mol. The van der Waals surface area contributed by atoms with E-state index in [2.05, 4.69) is 10.6 Å². The van der Waals surface area contributed by atoms with Gasteiger partial charge in [-0.2, -0.15) is 0 Å². The number of aliphatic carboxylic acids is 1. The van der Waals surface area contributed by atoms with Gasteiger partial charge in [-0.05, 0) is 37.1 Å². The van der Waals surface area contributed by atoms with E-state index in [0.717, 1.165) is 0 Å². The van der Waals surface area contributed by atoms with Crippen molar-refractivity contribution < 1.29 is 19.1 Å². The van der Waals surface area contributed by atoms with Gasteiger partial charge < -0.3 is 15.7 Å². The van der Waals surface area contributed by atoms with Crippen molar-refractivity contribution in [1.29, 1.82) is 0 Å². The van der Waals surface area contributed by atoms with Crippen molar-refractivity contribution in [2.45, 2.75) is 32.7 Å². The Morgan fingerprint density at radius 1 is 1.42 bits per heavy atom. The highest BCUT2D eigenvalue weighted by Gasteiger charge is 2.18. The molecule has 1 atom stereocenters. The minimum atomic E-state index is -1.08. The number of carbonyl (C=O) groups excluding carboxylic acids is 1. The largest absolute Gasteiger partial charge is 0.480 e. The quantitative estimate of drug-likeness (QED) is 0.767. The van der Waals surface area contributed by atoms with Gasteiger partial charge in [0.1, 0.15) is 11.9 Å². The molecule has 1 aromatic rings. The van der Waals surface area contributed by atoms with Crippen molar-refractivity contribution in [2.75, 3.05) is 5.32 Å². The number of nitrogens with one attached hydrogen (secondary N) is 2. The second-order valence-corrected chi connectivity index (χ2v) is 4.24. The number of carboxylic acid groups (broad SMARTS) is 1. The van der Waals surface area contributed by atoms with Crippen molar-refractivity contribution in [3.63, 3.8) is 0 Å². The van der Waals surface area contributed by atoms with Crippen molar-refractivity contribution >= 4 is 17.7 Å². The predicted octanol–water partition coefficient (Wildman–Crippen LogP) is 2.51. The first-order valence-corrected chi connectivity index (χ1v) is 6.00. The zero-order valence-electron chi connectivity index (χ0n) is 10.9. The fraction of sp³-hybridized carbons (Fsp3) is 0.385. The highest BCUT2D eigenvalue weighted by molar-refractivity contribution is 5.92. The topological polar surface area (TPSA) is 78.4 Å². The zero-order chi connectivity index (χ0) is 14.4. The molecule has 19 heavy (non-hydrogen) atoms. The molecule has 2 amide bonds. The number of carboxylic acids is 1. The van der Waals surface area contributed by atoms with Crippen LogP contribution < -0.4 is 10.6 Å². The van der Waals surface area contributed by atoms with Crippen LogP contribution in [0.1, 0.15) is 25.3 Å². The van der Waals surface area contributed by atoms with E-state index in [0.29, 0.717) is 24.1 Å². The Labute approximate surface area is 110 Å². The maximum absolute atomic E-state index is 13.0. The summed E-state index contributed by atoms with van der Waals surface area (Å²) in [4.78, 5) is 22.5. The first-order chi connectivity index (χ1) is 8.93. The van der Waals surface area contributed by atoms with Gasteiger partial charge in [-0.1, -0.05) is 13.3 Å². The maximum Gasteiger partial charge on any atom is 0.326 e. The second kappa shape index (κ2) is 6.72. The summed E-state index contributed by atoms with van der Waals surface area (Å²) in [5, 5.41) is 13.7. The summed E-state index contributed by atoms with van der Waals surface area (Å²) in [7, 11) is 0. The van der Waals surface area contributed by atoms with Crippen molar-refractivity contribution in [2.24, 2.45) is 0 Å². The Morgan fingerprint density at radius 3 is 2.63 bits per heavy atom. The fourth-order valence-electron chi connectivity index (χ4n) is 1.59. The highest BCUT2D eigenvalue weighted by Crippen LogP contribution is 2.13. The first-order valence-electron chi connectivity index (χ1n) is 6.00. The molecule has 0 saturated heterocycles. The molecule has 6 heteroatoms. The lowest BCUT2D eigenvalue weighted by atomic mass is 10.2. The summed E-state index contributed by atoms with van der Waals surface area (Å²) in [6.45, 7) is 3.41. The molecule has 1 aromatic carbocycles. The molecule has 0 unspecified atom stereocenters. The molecule has 0 spiro atoms. The van der Waals surface area contributed by atoms with E-state index < -0.39 is 18.0 Å². The molecule has 0 radical (unpaired) electrons. The molecule has 0 saturated carbocycles. The summed E-state index contributed by atoms with van der Waals surface area (Å²) in [6.07, 6.45) is 0.998. The minimum Gasteiger partial charge on any atom is -0.480 e. The highest BCUT2D eigenvalue weighted by atomic mass is 19.1. The molecule has 104 valence electrons. The SMILES string of the molecule is CCC[C@H](NC(=O)Nc1ccc(F)c(C)c1)C(=O)O. The monoisotopic (exact) mass is 268 g/mol. The minimum absolute atomic E-state index is 0.352. The number of halogens is 1. The molecule has 0 aliphatic rings. The average Bonchev–Trinajstić information content (AvgIpc) is 2.33. The van der Waals surface area contributed by atoms with E-state index in [1.54, 1.807) is 6.92 Å². The van der Waals surface area contributed by atoms with Crippen LogP contribution in [0, 0.1) is 12.7 Å². The number of carbonyl (C=O) groups is 2. The van der Waals surface area contributed by atoms with Crippen LogP contribution in [0.15, 0.2) is 18.2 Å². The molecule has 0 aliphatic carbocycles. The lowest BCUT2D eigenvalue weighted by molar-refractivity contribution is -0.139.